The van der Waals surface area contributed by atoms with Crippen LogP contribution in [0.25, 0.3) is 5.69 Å². The molecular formula is C31H39N3O. The van der Waals surface area contributed by atoms with Crippen LogP contribution >= 0.6 is 0 Å². The molecule has 0 radical (unpaired) electrons. The number of aromatic nitrogens is 1. The summed E-state index contributed by atoms with van der Waals surface area (Å²) in [7, 11) is 0. The van der Waals surface area contributed by atoms with Crippen LogP contribution in [0.15, 0.2) is 54.7 Å². The summed E-state index contributed by atoms with van der Waals surface area (Å²) in [6.45, 7) is 9.35. The first-order valence-corrected chi connectivity index (χ1v) is 13.4. The van der Waals surface area contributed by atoms with Crippen molar-refractivity contribution in [2.75, 3.05) is 16.8 Å². The average molecular weight is 470 g/mol. The number of amides is 1. The Kier molecular flexibility index (Phi) is 6.73. The largest absolute Gasteiger partial charge is 0.383 e. The first-order chi connectivity index (χ1) is 16.9. The SMILES string of the molecule is CCC1CCNc2cc(C)ccc2-n2cccc2CCC1Cc1ccc2c(c1)CC(C)N2C(C)=O. The second kappa shape index (κ2) is 9.93. The maximum Gasteiger partial charge on any atom is 0.224 e. The zero-order valence-corrected chi connectivity index (χ0v) is 21.7. The summed E-state index contributed by atoms with van der Waals surface area (Å²) in [4.78, 5) is 14.1. The van der Waals surface area contributed by atoms with Crippen molar-refractivity contribution < 1.29 is 4.79 Å². The molecular weight excluding hydrogens is 430 g/mol. The van der Waals surface area contributed by atoms with Crippen molar-refractivity contribution in [1.82, 2.24) is 4.57 Å². The quantitative estimate of drug-likeness (QED) is 0.462. The van der Waals surface area contributed by atoms with Crippen molar-refractivity contribution in [1.29, 1.82) is 0 Å². The minimum Gasteiger partial charge on any atom is -0.383 e. The molecule has 1 N–H and O–H groups in total. The number of nitrogens with one attached hydrogen (secondary N) is 1. The van der Waals surface area contributed by atoms with Crippen LogP contribution in [0.4, 0.5) is 11.4 Å². The molecule has 0 saturated carbocycles. The molecule has 0 bridgehead atoms. The highest BCUT2D eigenvalue weighted by Gasteiger charge is 2.29. The van der Waals surface area contributed by atoms with E-state index in [2.05, 4.69) is 85.4 Å². The standard InChI is InChI=1S/C31H39N3O/c1-5-25-14-15-32-29-17-21(2)8-12-31(29)33-16-6-7-28(33)11-10-26(25)19-24-9-13-30-27(20-24)18-22(3)34(30)23(4)35/h6-9,12-13,16-17,20,22,25-26,32H,5,10-11,14-15,18-19H2,1-4H3. The number of aryl methyl sites for hydroxylation is 2. The fourth-order valence-corrected chi connectivity index (χ4v) is 6.45. The normalized spacial score (nSPS) is 21.9. The molecule has 3 aromatic rings. The third-order valence-corrected chi connectivity index (χ3v) is 8.23. The topological polar surface area (TPSA) is 37.3 Å². The molecule has 35 heavy (non-hydrogen) atoms. The van der Waals surface area contributed by atoms with E-state index in [9.17, 15) is 4.79 Å². The van der Waals surface area contributed by atoms with Gasteiger partial charge in [0.2, 0.25) is 5.91 Å². The molecule has 0 saturated heterocycles. The number of fused-ring (bicyclic) bond motifs is 4. The molecule has 3 unspecified atom stereocenters. The van der Waals surface area contributed by atoms with Gasteiger partial charge in [-0.2, -0.15) is 0 Å². The molecule has 1 amide bonds. The van der Waals surface area contributed by atoms with Gasteiger partial charge in [0.15, 0.2) is 0 Å². The van der Waals surface area contributed by atoms with Gasteiger partial charge < -0.3 is 14.8 Å². The lowest BCUT2D eigenvalue weighted by Crippen LogP contribution is -2.33. The number of rotatable bonds is 3. The second-order valence-corrected chi connectivity index (χ2v) is 10.7. The van der Waals surface area contributed by atoms with Crippen LogP contribution in [0, 0.1) is 18.8 Å². The number of nitrogens with zero attached hydrogens (tertiary/aromatic N) is 2. The van der Waals surface area contributed by atoms with Gasteiger partial charge in [0.1, 0.15) is 0 Å². The fourth-order valence-electron chi connectivity index (χ4n) is 6.45. The first-order valence-electron chi connectivity index (χ1n) is 13.4. The van der Waals surface area contributed by atoms with Gasteiger partial charge in [-0.05, 0) is 105 Å². The van der Waals surface area contributed by atoms with Crippen LogP contribution in [0.2, 0.25) is 0 Å². The molecule has 3 heterocycles. The Morgan fingerprint density at radius 2 is 1.89 bits per heavy atom. The Balaban J connectivity index is 1.41. The molecule has 5 rings (SSSR count). The van der Waals surface area contributed by atoms with E-state index in [4.69, 9.17) is 0 Å². The lowest BCUT2D eigenvalue weighted by molar-refractivity contribution is -0.116. The summed E-state index contributed by atoms with van der Waals surface area (Å²) in [6.07, 6.45) is 8.93. The number of benzene rings is 2. The van der Waals surface area contributed by atoms with Crippen molar-refractivity contribution >= 4 is 17.3 Å². The number of hydrogen-bond acceptors (Lipinski definition) is 2. The van der Waals surface area contributed by atoms with Crippen LogP contribution in [0.5, 0.6) is 0 Å². The Hall–Kier alpha value is -3.01. The van der Waals surface area contributed by atoms with Gasteiger partial charge in [0, 0.05) is 37.1 Å². The van der Waals surface area contributed by atoms with Gasteiger partial charge in [-0.25, -0.2) is 0 Å². The Labute approximate surface area is 210 Å². The number of hydrogen-bond donors (Lipinski definition) is 1. The summed E-state index contributed by atoms with van der Waals surface area (Å²) in [5.74, 6) is 1.46. The summed E-state index contributed by atoms with van der Waals surface area (Å²) in [5.41, 5.74) is 9.03. The van der Waals surface area contributed by atoms with Gasteiger partial charge in [-0.15, -0.1) is 0 Å². The monoisotopic (exact) mass is 469 g/mol. The zero-order chi connectivity index (χ0) is 24.5. The van der Waals surface area contributed by atoms with Crippen LogP contribution in [-0.2, 0) is 24.1 Å². The molecule has 0 spiro atoms. The lowest BCUT2D eigenvalue weighted by Gasteiger charge is -2.27. The highest BCUT2D eigenvalue weighted by molar-refractivity contribution is 5.94. The van der Waals surface area contributed by atoms with Crippen molar-refractivity contribution in [2.24, 2.45) is 11.8 Å². The first kappa shape index (κ1) is 23.7. The van der Waals surface area contributed by atoms with Crippen LogP contribution < -0.4 is 10.2 Å². The molecule has 4 heteroatoms. The van der Waals surface area contributed by atoms with Gasteiger partial charge in [0.25, 0.3) is 0 Å². The highest BCUT2D eigenvalue weighted by atomic mass is 16.2. The minimum absolute atomic E-state index is 0.144. The van der Waals surface area contributed by atoms with Gasteiger partial charge in [-0.3, -0.25) is 4.79 Å². The maximum atomic E-state index is 12.2. The van der Waals surface area contributed by atoms with Gasteiger partial charge in [0.05, 0.1) is 11.4 Å². The predicted molar refractivity (Wildman–Crippen MR) is 146 cm³/mol. The van der Waals surface area contributed by atoms with E-state index in [0.717, 1.165) is 31.5 Å². The lowest BCUT2D eigenvalue weighted by atomic mass is 9.79. The fraction of sp³-hybridized carbons (Fsp3) is 0.452. The van der Waals surface area contributed by atoms with E-state index in [0.29, 0.717) is 11.8 Å². The zero-order valence-electron chi connectivity index (χ0n) is 21.7. The molecule has 184 valence electrons. The van der Waals surface area contributed by atoms with Crippen LogP contribution in [-0.4, -0.2) is 23.1 Å². The third kappa shape index (κ3) is 4.76. The van der Waals surface area contributed by atoms with Gasteiger partial charge >= 0.3 is 0 Å². The van der Waals surface area contributed by atoms with Gasteiger partial charge in [-0.1, -0.05) is 31.5 Å². The molecule has 2 aliphatic heterocycles. The van der Waals surface area contributed by atoms with Crippen molar-refractivity contribution in [2.45, 2.75) is 72.3 Å². The predicted octanol–water partition coefficient (Wildman–Crippen LogP) is 6.72. The maximum absolute atomic E-state index is 12.2. The van der Waals surface area contributed by atoms with Crippen LogP contribution in [0.1, 0.15) is 62.4 Å². The molecule has 2 aliphatic rings. The molecule has 4 nitrogen and oxygen atoms in total. The Morgan fingerprint density at radius 3 is 2.69 bits per heavy atom. The number of carbonyl (C=O) groups is 1. The van der Waals surface area contributed by atoms with Crippen molar-refractivity contribution in [3.8, 4) is 5.69 Å². The Bertz CT molecular complexity index is 1210. The molecule has 2 aromatic carbocycles. The second-order valence-electron chi connectivity index (χ2n) is 10.7. The highest BCUT2D eigenvalue weighted by Crippen LogP contribution is 2.36. The minimum atomic E-state index is 0.144. The van der Waals surface area contributed by atoms with E-state index >= 15 is 0 Å². The van der Waals surface area contributed by atoms with E-state index in [1.807, 2.05) is 4.90 Å². The average Bonchev–Trinajstić information content (AvgIpc) is 3.42. The summed E-state index contributed by atoms with van der Waals surface area (Å²) < 4.78 is 2.37. The smallest absolute Gasteiger partial charge is 0.224 e. The van der Waals surface area contributed by atoms with Crippen molar-refractivity contribution in [3.05, 3.63) is 77.1 Å². The summed E-state index contributed by atoms with van der Waals surface area (Å²) >= 11 is 0. The number of anilines is 2. The molecule has 0 fully saturated rings. The Morgan fingerprint density at radius 1 is 1.06 bits per heavy atom. The van der Waals surface area contributed by atoms with Crippen molar-refractivity contribution in [3.63, 3.8) is 0 Å². The number of carbonyl (C=O) groups excluding carboxylic acids is 1. The summed E-state index contributed by atoms with van der Waals surface area (Å²) in [6, 6.07) is 18.3. The summed E-state index contributed by atoms with van der Waals surface area (Å²) in [5, 5.41) is 3.78. The molecule has 1 aromatic heterocycles. The van der Waals surface area contributed by atoms with Crippen LogP contribution in [0.3, 0.4) is 0 Å². The van der Waals surface area contributed by atoms with E-state index in [-0.39, 0.29) is 11.9 Å². The van der Waals surface area contributed by atoms with E-state index in [1.165, 1.54) is 53.0 Å². The molecule has 0 aliphatic carbocycles. The van der Waals surface area contributed by atoms with E-state index in [1.54, 1.807) is 6.92 Å². The van der Waals surface area contributed by atoms with E-state index < -0.39 is 0 Å². The molecule has 3 atom stereocenters. The third-order valence-electron chi connectivity index (χ3n) is 8.23.